The molecule has 1 aliphatic rings. The number of benzene rings is 8. The summed E-state index contributed by atoms with van der Waals surface area (Å²) in [5.74, 6) is 0.713. The highest BCUT2D eigenvalue weighted by Gasteiger charge is 2.36. The van der Waals surface area contributed by atoms with Gasteiger partial charge in [0.05, 0.1) is 11.4 Å². The van der Waals surface area contributed by atoms with E-state index in [2.05, 4.69) is 172 Å². The van der Waals surface area contributed by atoms with Gasteiger partial charge >= 0.3 is 0 Å². The largest absolute Gasteiger partial charge is 0.228 e. The minimum absolute atomic E-state index is 0.0914. The second kappa shape index (κ2) is 13.2. The Balaban J connectivity index is 1.04. The molecule has 2 nitrogen and oxygen atoms in total. The molecule has 0 saturated carbocycles. The summed E-state index contributed by atoms with van der Waals surface area (Å²) in [7, 11) is 0. The summed E-state index contributed by atoms with van der Waals surface area (Å²) in [5.41, 5.74) is 17.6. The highest BCUT2D eigenvalue weighted by molar-refractivity contribution is 6.02. The van der Waals surface area contributed by atoms with E-state index in [1.807, 2.05) is 36.4 Å². The molecular weight excluding hydrogens is 665 g/mol. The van der Waals surface area contributed by atoms with Crippen molar-refractivity contribution in [3.8, 4) is 78.4 Å². The lowest BCUT2D eigenvalue weighted by Gasteiger charge is -2.23. The van der Waals surface area contributed by atoms with Crippen LogP contribution >= 0.6 is 0 Å². The Bertz CT molecular complexity index is 2790. The lowest BCUT2D eigenvalue weighted by molar-refractivity contribution is 0.660. The van der Waals surface area contributed by atoms with Gasteiger partial charge in [-0.1, -0.05) is 190 Å². The number of rotatable bonds is 6. The van der Waals surface area contributed by atoms with Crippen LogP contribution in [0.4, 0.5) is 0 Å². The molecule has 0 unspecified atom stereocenters. The van der Waals surface area contributed by atoms with Gasteiger partial charge in [-0.3, -0.25) is 0 Å². The van der Waals surface area contributed by atoms with E-state index in [0.717, 1.165) is 33.6 Å². The van der Waals surface area contributed by atoms with Gasteiger partial charge in [0.2, 0.25) is 0 Å². The first kappa shape index (κ1) is 32.7. The van der Waals surface area contributed by atoms with Crippen molar-refractivity contribution in [1.82, 2.24) is 9.97 Å². The van der Waals surface area contributed by atoms with Gasteiger partial charge < -0.3 is 0 Å². The van der Waals surface area contributed by atoms with E-state index in [1.54, 1.807) is 0 Å². The normalized spacial score (nSPS) is 12.7. The van der Waals surface area contributed by atoms with Crippen LogP contribution in [0.5, 0.6) is 0 Å². The molecule has 1 aromatic heterocycles. The van der Waals surface area contributed by atoms with Crippen LogP contribution in [0, 0.1) is 0 Å². The fourth-order valence-corrected chi connectivity index (χ4v) is 8.41. The Labute approximate surface area is 322 Å². The van der Waals surface area contributed by atoms with Gasteiger partial charge in [-0.15, -0.1) is 0 Å². The second-order valence-corrected chi connectivity index (χ2v) is 15.0. The summed E-state index contributed by atoms with van der Waals surface area (Å²) < 4.78 is 0. The molecule has 1 heterocycles. The van der Waals surface area contributed by atoms with Crippen molar-refractivity contribution in [2.75, 3.05) is 0 Å². The van der Waals surface area contributed by atoms with Crippen molar-refractivity contribution in [2.45, 2.75) is 19.3 Å². The van der Waals surface area contributed by atoms with Gasteiger partial charge in [0.15, 0.2) is 5.82 Å². The first-order chi connectivity index (χ1) is 27.0. The zero-order chi connectivity index (χ0) is 36.9. The van der Waals surface area contributed by atoms with Crippen LogP contribution in [0.3, 0.4) is 0 Å². The van der Waals surface area contributed by atoms with Crippen molar-refractivity contribution in [2.24, 2.45) is 0 Å². The van der Waals surface area contributed by atoms with Crippen LogP contribution in [-0.4, -0.2) is 9.97 Å². The summed E-state index contributed by atoms with van der Waals surface area (Å²) in [4.78, 5) is 10.1. The predicted molar refractivity (Wildman–Crippen MR) is 230 cm³/mol. The number of nitrogens with zero attached hydrogens (tertiary/aromatic N) is 2. The van der Waals surface area contributed by atoms with Crippen molar-refractivity contribution in [3.05, 3.63) is 205 Å². The van der Waals surface area contributed by atoms with Crippen LogP contribution in [-0.2, 0) is 5.41 Å². The van der Waals surface area contributed by atoms with Crippen molar-refractivity contribution < 1.29 is 0 Å². The van der Waals surface area contributed by atoms with Gasteiger partial charge in [0.25, 0.3) is 0 Å². The first-order valence-corrected chi connectivity index (χ1v) is 19.0. The number of hydrogen-bond acceptors (Lipinski definition) is 2. The number of fused-ring (bicyclic) bond motifs is 4. The summed E-state index contributed by atoms with van der Waals surface area (Å²) in [6.07, 6.45) is 0. The monoisotopic (exact) mass is 702 g/mol. The van der Waals surface area contributed by atoms with Crippen LogP contribution in [0.1, 0.15) is 25.0 Å². The maximum Gasteiger partial charge on any atom is 0.160 e. The van der Waals surface area contributed by atoms with E-state index in [1.165, 1.54) is 60.8 Å². The Morgan fingerprint density at radius 1 is 0.327 bits per heavy atom. The SMILES string of the molecule is CC1(C)c2ccccc2-c2cc(-c3cccc4ccccc34)c(-c3ccc(-c4ccc(-c5nc(-c6ccccc6)cc(-c6ccccc6)n5)cc4)cc3)cc21. The fraction of sp³-hybridized carbons (Fsp3) is 0.0566. The minimum atomic E-state index is -0.0914. The molecule has 0 spiro atoms. The molecule has 0 amide bonds. The first-order valence-electron chi connectivity index (χ1n) is 19.0. The lowest BCUT2D eigenvalue weighted by Crippen LogP contribution is -2.15. The fourth-order valence-electron chi connectivity index (χ4n) is 8.41. The van der Waals surface area contributed by atoms with Gasteiger partial charge in [0, 0.05) is 22.1 Å². The molecule has 2 heteroatoms. The van der Waals surface area contributed by atoms with E-state index >= 15 is 0 Å². The highest BCUT2D eigenvalue weighted by atomic mass is 14.9. The molecule has 260 valence electrons. The molecule has 55 heavy (non-hydrogen) atoms. The molecule has 9 aromatic rings. The van der Waals surface area contributed by atoms with Crippen LogP contribution in [0.2, 0.25) is 0 Å². The van der Waals surface area contributed by atoms with Crippen molar-refractivity contribution >= 4 is 10.8 Å². The van der Waals surface area contributed by atoms with E-state index in [-0.39, 0.29) is 5.41 Å². The third-order valence-corrected chi connectivity index (χ3v) is 11.3. The Hall–Kier alpha value is -6.90. The molecule has 8 aromatic carbocycles. The molecule has 0 atom stereocenters. The number of aromatic nitrogens is 2. The maximum atomic E-state index is 5.04. The smallest absolute Gasteiger partial charge is 0.160 e. The summed E-state index contributed by atoms with van der Waals surface area (Å²) in [6, 6.07) is 69.7. The molecule has 0 saturated heterocycles. The molecule has 0 radical (unpaired) electrons. The Morgan fingerprint density at radius 2 is 0.855 bits per heavy atom. The van der Waals surface area contributed by atoms with Gasteiger partial charge in [-0.05, 0) is 84.6 Å². The highest BCUT2D eigenvalue weighted by Crippen LogP contribution is 2.52. The maximum absolute atomic E-state index is 5.04. The minimum Gasteiger partial charge on any atom is -0.228 e. The van der Waals surface area contributed by atoms with E-state index in [9.17, 15) is 0 Å². The summed E-state index contributed by atoms with van der Waals surface area (Å²) in [5, 5.41) is 2.52. The van der Waals surface area contributed by atoms with E-state index < -0.39 is 0 Å². The lowest BCUT2D eigenvalue weighted by atomic mass is 9.80. The molecule has 0 fully saturated rings. The predicted octanol–water partition coefficient (Wildman–Crippen LogP) is 13.9. The zero-order valence-corrected chi connectivity index (χ0v) is 30.9. The molecule has 1 aliphatic carbocycles. The zero-order valence-electron chi connectivity index (χ0n) is 30.9. The Morgan fingerprint density at radius 3 is 1.53 bits per heavy atom. The standard InChI is InChI=1S/C53H38N2/c1-53(2)48-23-12-11-21-44(48)47-32-46(43-22-13-19-37-14-9-10-20-42(37)43)45(33-49(47)53)38-28-24-35(25-29-38)36-26-30-41(31-27-36)52-54-50(39-15-5-3-6-16-39)34-51(55-52)40-17-7-4-8-18-40/h3-34H,1-2H3. The molecule has 10 rings (SSSR count). The van der Waals surface area contributed by atoms with Gasteiger partial charge in [-0.2, -0.15) is 0 Å². The third-order valence-electron chi connectivity index (χ3n) is 11.3. The Kier molecular flexibility index (Phi) is 7.85. The number of hydrogen-bond donors (Lipinski definition) is 0. The summed E-state index contributed by atoms with van der Waals surface area (Å²) >= 11 is 0. The van der Waals surface area contributed by atoms with Gasteiger partial charge in [-0.25, -0.2) is 9.97 Å². The van der Waals surface area contributed by atoms with Crippen LogP contribution in [0.15, 0.2) is 194 Å². The second-order valence-electron chi connectivity index (χ2n) is 15.0. The molecule has 0 N–H and O–H groups in total. The quantitative estimate of drug-likeness (QED) is 0.172. The molecular formula is C53H38N2. The van der Waals surface area contributed by atoms with Crippen molar-refractivity contribution in [1.29, 1.82) is 0 Å². The average Bonchev–Trinajstić information content (AvgIpc) is 3.48. The van der Waals surface area contributed by atoms with Crippen molar-refractivity contribution in [3.63, 3.8) is 0 Å². The van der Waals surface area contributed by atoms with Crippen LogP contribution < -0.4 is 0 Å². The van der Waals surface area contributed by atoms with Crippen LogP contribution in [0.25, 0.3) is 89.2 Å². The average molecular weight is 703 g/mol. The van der Waals surface area contributed by atoms with E-state index in [4.69, 9.17) is 9.97 Å². The van der Waals surface area contributed by atoms with E-state index in [0.29, 0.717) is 5.82 Å². The summed E-state index contributed by atoms with van der Waals surface area (Å²) in [6.45, 7) is 4.72. The molecule has 0 aliphatic heterocycles. The topological polar surface area (TPSA) is 25.8 Å². The third kappa shape index (κ3) is 5.75. The molecule has 0 bridgehead atoms. The van der Waals surface area contributed by atoms with Gasteiger partial charge in [0.1, 0.15) is 0 Å².